The number of hydrogen-bond donors (Lipinski definition) is 0. The number of likely N-dealkylation sites (tertiary alicyclic amines) is 1. The number of benzene rings is 1. The van der Waals surface area contributed by atoms with Gasteiger partial charge in [0.25, 0.3) is 0 Å². The van der Waals surface area contributed by atoms with E-state index in [0.717, 1.165) is 35.9 Å². The van der Waals surface area contributed by atoms with Gasteiger partial charge in [0.15, 0.2) is 0 Å². The first-order chi connectivity index (χ1) is 12.4. The summed E-state index contributed by atoms with van der Waals surface area (Å²) < 4.78 is 27.2. The van der Waals surface area contributed by atoms with Crippen molar-refractivity contribution in [3.63, 3.8) is 0 Å². The average Bonchev–Trinajstić information content (AvgIpc) is 3.22. The van der Waals surface area contributed by atoms with Gasteiger partial charge in [-0.05, 0) is 31.2 Å². The van der Waals surface area contributed by atoms with Crippen LogP contribution in [0.15, 0.2) is 30.3 Å². The van der Waals surface area contributed by atoms with Crippen molar-refractivity contribution in [3.05, 3.63) is 51.5 Å². The molecule has 1 aromatic heterocycles. The zero-order valence-corrected chi connectivity index (χ0v) is 16.9. The van der Waals surface area contributed by atoms with Gasteiger partial charge in [0.1, 0.15) is 0 Å². The third kappa shape index (κ3) is 3.71. The van der Waals surface area contributed by atoms with Crippen molar-refractivity contribution in [2.24, 2.45) is 11.8 Å². The van der Waals surface area contributed by atoms with Gasteiger partial charge in [-0.3, -0.25) is 4.90 Å². The Balaban J connectivity index is 1.36. The molecule has 0 amide bonds. The maximum absolute atomic E-state index is 12.8. The highest BCUT2D eigenvalue weighted by Gasteiger charge is 2.43. The van der Waals surface area contributed by atoms with Crippen LogP contribution in [0.1, 0.15) is 21.1 Å². The zero-order chi connectivity index (χ0) is 18.3. The van der Waals surface area contributed by atoms with Crippen LogP contribution < -0.4 is 0 Å². The summed E-state index contributed by atoms with van der Waals surface area (Å²) in [4.78, 5) is 8.33. The van der Waals surface area contributed by atoms with E-state index < -0.39 is 10.0 Å². The predicted octanol–water partition coefficient (Wildman–Crippen LogP) is 2.65. The molecule has 2 saturated heterocycles. The Hall–Kier alpha value is -1.28. The Kier molecular flexibility index (Phi) is 4.90. The standard InChI is InChI=1S/C19H25N3O2S2/c1-14-19(25-15(2)20-14)12-21-8-17-10-22(11-18(17)9-21)26(23,24)13-16-6-4-3-5-7-16/h3-7,17-18H,8-13H2,1-2H3. The van der Waals surface area contributed by atoms with Crippen molar-refractivity contribution in [2.75, 3.05) is 26.2 Å². The van der Waals surface area contributed by atoms with Gasteiger partial charge in [-0.1, -0.05) is 30.3 Å². The summed E-state index contributed by atoms with van der Waals surface area (Å²) in [6.07, 6.45) is 0. The molecule has 0 radical (unpaired) electrons. The highest BCUT2D eigenvalue weighted by molar-refractivity contribution is 7.88. The van der Waals surface area contributed by atoms with E-state index in [9.17, 15) is 8.42 Å². The van der Waals surface area contributed by atoms with E-state index in [2.05, 4.69) is 23.7 Å². The first kappa shape index (κ1) is 18.1. The first-order valence-corrected chi connectivity index (χ1v) is 11.5. The third-order valence-corrected chi connectivity index (χ3v) is 8.32. The van der Waals surface area contributed by atoms with Crippen LogP contribution in [0.2, 0.25) is 0 Å². The zero-order valence-electron chi connectivity index (χ0n) is 15.3. The molecule has 0 bridgehead atoms. The smallest absolute Gasteiger partial charge is 0.218 e. The largest absolute Gasteiger partial charge is 0.298 e. The minimum absolute atomic E-state index is 0.107. The van der Waals surface area contributed by atoms with Crippen LogP contribution >= 0.6 is 11.3 Å². The number of rotatable bonds is 5. The third-order valence-electron chi connectivity index (χ3n) is 5.48. The quantitative estimate of drug-likeness (QED) is 0.786. The number of nitrogens with zero attached hydrogens (tertiary/aromatic N) is 3. The fourth-order valence-corrected chi connectivity index (χ4v) is 6.82. The molecule has 0 saturated carbocycles. The van der Waals surface area contributed by atoms with Crippen molar-refractivity contribution in [3.8, 4) is 0 Å². The van der Waals surface area contributed by atoms with Crippen molar-refractivity contribution in [2.45, 2.75) is 26.1 Å². The summed E-state index contributed by atoms with van der Waals surface area (Å²) in [5, 5.41) is 1.12. The van der Waals surface area contributed by atoms with Crippen LogP contribution in [-0.4, -0.2) is 48.8 Å². The van der Waals surface area contributed by atoms with Gasteiger partial charge in [-0.2, -0.15) is 0 Å². The normalized spacial score (nSPS) is 24.2. The summed E-state index contributed by atoms with van der Waals surface area (Å²) in [5.41, 5.74) is 2.00. The molecule has 2 unspecified atom stereocenters. The molecule has 2 aromatic rings. The van der Waals surface area contributed by atoms with Crippen LogP contribution in [0.25, 0.3) is 0 Å². The monoisotopic (exact) mass is 391 g/mol. The highest BCUT2D eigenvalue weighted by atomic mass is 32.2. The van der Waals surface area contributed by atoms with Crippen LogP contribution in [0.3, 0.4) is 0 Å². The highest BCUT2D eigenvalue weighted by Crippen LogP contribution is 2.34. The second kappa shape index (κ2) is 7.03. The minimum atomic E-state index is -3.23. The molecule has 2 atom stereocenters. The number of thiazole rings is 1. The van der Waals surface area contributed by atoms with E-state index in [1.165, 1.54) is 4.88 Å². The molecular formula is C19H25N3O2S2. The number of fused-ring (bicyclic) bond motifs is 1. The molecule has 7 heteroatoms. The Labute approximate surface area is 159 Å². The van der Waals surface area contributed by atoms with Gasteiger partial charge in [0.05, 0.1) is 16.5 Å². The van der Waals surface area contributed by atoms with Gasteiger partial charge in [-0.25, -0.2) is 17.7 Å². The molecule has 1 aromatic carbocycles. The van der Waals surface area contributed by atoms with Crippen LogP contribution in [0.4, 0.5) is 0 Å². The van der Waals surface area contributed by atoms with Crippen molar-refractivity contribution in [1.29, 1.82) is 0 Å². The van der Waals surface area contributed by atoms with E-state index >= 15 is 0 Å². The molecule has 2 fully saturated rings. The van der Waals surface area contributed by atoms with Crippen molar-refractivity contribution in [1.82, 2.24) is 14.2 Å². The lowest BCUT2D eigenvalue weighted by Gasteiger charge is -2.21. The molecule has 26 heavy (non-hydrogen) atoms. The Morgan fingerprint density at radius 3 is 2.31 bits per heavy atom. The summed E-state index contributed by atoms with van der Waals surface area (Å²) >= 11 is 1.78. The molecule has 5 nitrogen and oxygen atoms in total. The number of hydrogen-bond acceptors (Lipinski definition) is 5. The number of sulfonamides is 1. The molecule has 3 heterocycles. The van der Waals surface area contributed by atoms with Gasteiger partial charge in [0.2, 0.25) is 10.0 Å². The molecule has 2 aliphatic heterocycles. The minimum Gasteiger partial charge on any atom is -0.298 e. The lowest BCUT2D eigenvalue weighted by atomic mass is 10.0. The summed E-state index contributed by atoms with van der Waals surface area (Å²) in [6.45, 7) is 8.37. The van der Waals surface area contributed by atoms with Crippen LogP contribution in [-0.2, 0) is 22.3 Å². The summed E-state index contributed by atoms with van der Waals surface area (Å²) in [6, 6.07) is 9.47. The Bertz CT molecular complexity index is 865. The van der Waals surface area contributed by atoms with Gasteiger partial charge in [0, 0.05) is 37.6 Å². The molecular weight excluding hydrogens is 366 g/mol. The SMILES string of the molecule is Cc1nc(C)c(CN2CC3CN(S(=O)(=O)Cc4ccccc4)CC3C2)s1. The summed E-state index contributed by atoms with van der Waals surface area (Å²) in [7, 11) is -3.23. The van der Waals surface area contributed by atoms with E-state index in [1.807, 2.05) is 30.3 Å². The van der Waals surface area contributed by atoms with Crippen LogP contribution in [0, 0.1) is 25.7 Å². The first-order valence-electron chi connectivity index (χ1n) is 9.08. The predicted molar refractivity (Wildman–Crippen MR) is 104 cm³/mol. The molecule has 140 valence electrons. The van der Waals surface area contributed by atoms with E-state index in [0.29, 0.717) is 24.9 Å². The second-order valence-electron chi connectivity index (χ2n) is 7.51. The fourth-order valence-electron chi connectivity index (χ4n) is 4.20. The molecule has 2 aliphatic rings. The second-order valence-corrected chi connectivity index (χ2v) is 10.8. The molecule has 4 rings (SSSR count). The summed E-state index contributed by atoms with van der Waals surface area (Å²) in [5.74, 6) is 1.01. The van der Waals surface area contributed by atoms with Crippen molar-refractivity contribution >= 4 is 21.4 Å². The maximum atomic E-state index is 12.8. The molecule has 0 spiro atoms. The van der Waals surface area contributed by atoms with E-state index in [4.69, 9.17) is 0 Å². The van der Waals surface area contributed by atoms with Crippen molar-refractivity contribution < 1.29 is 8.42 Å². The maximum Gasteiger partial charge on any atom is 0.218 e. The van der Waals surface area contributed by atoms with E-state index in [1.54, 1.807) is 15.6 Å². The Morgan fingerprint density at radius 2 is 1.73 bits per heavy atom. The lowest BCUT2D eigenvalue weighted by Crippen LogP contribution is -2.34. The van der Waals surface area contributed by atoms with Crippen LogP contribution in [0.5, 0.6) is 0 Å². The lowest BCUT2D eigenvalue weighted by molar-refractivity contribution is 0.291. The number of aromatic nitrogens is 1. The Morgan fingerprint density at radius 1 is 1.08 bits per heavy atom. The van der Waals surface area contributed by atoms with Gasteiger partial charge in [-0.15, -0.1) is 11.3 Å². The topological polar surface area (TPSA) is 53.5 Å². The van der Waals surface area contributed by atoms with E-state index in [-0.39, 0.29) is 5.75 Å². The molecule has 0 N–H and O–H groups in total. The molecule has 0 aliphatic carbocycles. The number of aryl methyl sites for hydroxylation is 2. The fraction of sp³-hybridized carbons (Fsp3) is 0.526. The average molecular weight is 392 g/mol. The van der Waals surface area contributed by atoms with Gasteiger partial charge >= 0.3 is 0 Å². The van der Waals surface area contributed by atoms with Gasteiger partial charge < -0.3 is 0 Å².